The summed E-state index contributed by atoms with van der Waals surface area (Å²) in [6.45, 7) is 0. The van der Waals surface area contributed by atoms with E-state index in [4.69, 9.17) is 15.0 Å². The highest BCUT2D eigenvalue weighted by molar-refractivity contribution is 7.26. The Balaban J connectivity index is 1.05. The number of benzene rings is 9. The van der Waals surface area contributed by atoms with Crippen LogP contribution in [0.1, 0.15) is 0 Å². The van der Waals surface area contributed by atoms with Crippen molar-refractivity contribution < 1.29 is 0 Å². The minimum Gasteiger partial charge on any atom is -0.310 e. The Morgan fingerprint density at radius 1 is 0.317 bits per heavy atom. The summed E-state index contributed by atoms with van der Waals surface area (Å²) in [5.41, 5.74) is 10.9. The van der Waals surface area contributed by atoms with Crippen LogP contribution in [0.4, 0.5) is 17.1 Å². The molecule has 0 unspecified atom stereocenters. The van der Waals surface area contributed by atoms with E-state index >= 15 is 0 Å². The van der Waals surface area contributed by atoms with Gasteiger partial charge < -0.3 is 4.90 Å². The van der Waals surface area contributed by atoms with E-state index in [-0.39, 0.29) is 0 Å². The maximum atomic E-state index is 5.24. The van der Waals surface area contributed by atoms with Gasteiger partial charge in [-0.3, -0.25) is 0 Å². The van der Waals surface area contributed by atoms with Gasteiger partial charge in [0.2, 0.25) is 0 Å². The number of thiophene rings is 1. The monoisotopic (exact) mass is 784 g/mol. The predicted molar refractivity (Wildman–Crippen MR) is 252 cm³/mol. The van der Waals surface area contributed by atoms with Crippen LogP contribution in [0.15, 0.2) is 218 Å². The van der Waals surface area contributed by atoms with Crippen LogP contribution in [0.2, 0.25) is 0 Å². The van der Waals surface area contributed by atoms with Gasteiger partial charge in [0.25, 0.3) is 0 Å². The molecule has 4 nitrogen and oxygen atoms in total. The maximum absolute atomic E-state index is 5.24. The molecule has 60 heavy (non-hydrogen) atoms. The lowest BCUT2D eigenvalue weighted by Gasteiger charge is -2.26. The number of hydrogen-bond acceptors (Lipinski definition) is 5. The van der Waals surface area contributed by atoms with E-state index in [9.17, 15) is 0 Å². The fourth-order valence-electron chi connectivity index (χ4n) is 8.21. The normalized spacial score (nSPS) is 11.3. The molecule has 0 aliphatic heterocycles. The van der Waals surface area contributed by atoms with Gasteiger partial charge in [-0.25, -0.2) is 15.0 Å². The molecule has 0 amide bonds. The van der Waals surface area contributed by atoms with Crippen molar-refractivity contribution in [1.82, 2.24) is 15.0 Å². The summed E-state index contributed by atoms with van der Waals surface area (Å²) in [6.07, 6.45) is 0. The lowest BCUT2D eigenvalue weighted by atomic mass is 10.0. The molecular formula is C55H36N4S. The van der Waals surface area contributed by atoms with Crippen LogP contribution in [0.3, 0.4) is 0 Å². The average molecular weight is 785 g/mol. The molecule has 11 rings (SSSR count). The molecule has 2 aromatic heterocycles. The summed E-state index contributed by atoms with van der Waals surface area (Å²) in [5, 5.41) is 4.57. The third-order valence-electron chi connectivity index (χ3n) is 11.1. The first kappa shape index (κ1) is 35.4. The van der Waals surface area contributed by atoms with Crippen LogP contribution in [0.5, 0.6) is 0 Å². The highest BCUT2D eigenvalue weighted by Crippen LogP contribution is 2.44. The smallest absolute Gasteiger partial charge is 0.164 e. The predicted octanol–water partition coefficient (Wildman–Crippen LogP) is 15.2. The largest absolute Gasteiger partial charge is 0.310 e. The molecule has 0 atom stereocenters. The van der Waals surface area contributed by atoms with Gasteiger partial charge in [-0.1, -0.05) is 176 Å². The van der Waals surface area contributed by atoms with E-state index in [0.29, 0.717) is 17.5 Å². The zero-order chi connectivity index (χ0) is 39.8. The molecule has 282 valence electrons. The molecule has 0 bridgehead atoms. The minimum atomic E-state index is 0.648. The summed E-state index contributed by atoms with van der Waals surface area (Å²) in [7, 11) is 0. The molecule has 9 aromatic carbocycles. The first-order valence-electron chi connectivity index (χ1n) is 20.1. The molecule has 11 aromatic rings. The Morgan fingerprint density at radius 3 is 1.45 bits per heavy atom. The molecular weight excluding hydrogens is 749 g/mol. The first-order chi connectivity index (χ1) is 29.7. The fourth-order valence-corrected chi connectivity index (χ4v) is 9.37. The van der Waals surface area contributed by atoms with Crippen LogP contribution in [-0.2, 0) is 0 Å². The topological polar surface area (TPSA) is 41.9 Å². The van der Waals surface area contributed by atoms with Crippen molar-refractivity contribution in [2.75, 3.05) is 4.90 Å². The van der Waals surface area contributed by atoms with Gasteiger partial charge in [-0.15, -0.1) is 11.3 Å². The Kier molecular flexibility index (Phi) is 8.99. The molecule has 0 aliphatic carbocycles. The first-order valence-corrected chi connectivity index (χ1v) is 20.9. The number of nitrogens with zero attached hydrogens (tertiary/aromatic N) is 4. The quantitative estimate of drug-likeness (QED) is 0.154. The standard InChI is InChI=1S/C55H36N4S/c1-4-14-37(15-5-1)39-26-30-43(31-27-39)59(44-32-28-40(29-33-44)38-16-6-2-7-17-38)45-34-35-48-51(36-45)60-50-25-13-24-49(52(48)50)55-57-53(42-19-8-3-9-20-42)56-54(58-55)47-23-12-21-41-18-10-11-22-46(41)47/h1-36H. The lowest BCUT2D eigenvalue weighted by Crippen LogP contribution is -2.09. The fraction of sp³-hybridized carbons (Fsp3) is 0. The highest BCUT2D eigenvalue weighted by atomic mass is 32.1. The van der Waals surface area contributed by atoms with Gasteiger partial charge >= 0.3 is 0 Å². The SMILES string of the molecule is c1ccc(-c2ccc(N(c3ccc(-c4ccccc4)cc3)c3ccc4c(c3)sc3cccc(-c5nc(-c6ccccc6)nc(-c6cccc7ccccc67)n5)c34)cc2)cc1. The Labute approximate surface area is 352 Å². The van der Waals surface area contributed by atoms with E-state index < -0.39 is 0 Å². The molecule has 0 radical (unpaired) electrons. The van der Waals surface area contributed by atoms with Gasteiger partial charge in [0.15, 0.2) is 17.5 Å². The third kappa shape index (κ3) is 6.57. The van der Waals surface area contributed by atoms with Crippen LogP contribution in [0, 0.1) is 0 Å². The van der Waals surface area contributed by atoms with Crippen LogP contribution in [-0.4, -0.2) is 15.0 Å². The van der Waals surface area contributed by atoms with E-state index in [2.05, 4.69) is 205 Å². The number of anilines is 3. The van der Waals surface area contributed by atoms with Gasteiger partial charge in [-0.05, 0) is 75.5 Å². The number of rotatable bonds is 8. The molecule has 0 aliphatic rings. The van der Waals surface area contributed by atoms with E-state index in [0.717, 1.165) is 49.9 Å². The Bertz CT molecular complexity index is 3200. The third-order valence-corrected chi connectivity index (χ3v) is 12.3. The molecule has 0 saturated heterocycles. The van der Waals surface area contributed by atoms with E-state index in [1.165, 1.54) is 37.0 Å². The molecule has 2 heterocycles. The van der Waals surface area contributed by atoms with Crippen molar-refractivity contribution in [2.24, 2.45) is 0 Å². The Morgan fingerprint density at radius 2 is 0.800 bits per heavy atom. The average Bonchev–Trinajstić information content (AvgIpc) is 3.71. The summed E-state index contributed by atoms with van der Waals surface area (Å²) in [5.74, 6) is 1.95. The van der Waals surface area contributed by atoms with Gasteiger partial charge in [0.05, 0.1) is 0 Å². The van der Waals surface area contributed by atoms with Crippen molar-refractivity contribution in [3.63, 3.8) is 0 Å². The van der Waals surface area contributed by atoms with Crippen molar-refractivity contribution in [1.29, 1.82) is 0 Å². The number of hydrogen-bond donors (Lipinski definition) is 0. The highest BCUT2D eigenvalue weighted by Gasteiger charge is 2.20. The zero-order valence-electron chi connectivity index (χ0n) is 32.5. The second-order valence-corrected chi connectivity index (χ2v) is 15.9. The number of fused-ring (bicyclic) bond motifs is 4. The molecule has 0 saturated carbocycles. The van der Waals surface area contributed by atoms with Crippen LogP contribution in [0.25, 0.3) is 87.4 Å². The molecule has 5 heteroatoms. The Hall–Kier alpha value is -7.73. The maximum Gasteiger partial charge on any atom is 0.164 e. The van der Waals surface area contributed by atoms with Crippen molar-refractivity contribution in [3.8, 4) is 56.4 Å². The van der Waals surface area contributed by atoms with Gasteiger partial charge in [0.1, 0.15) is 0 Å². The van der Waals surface area contributed by atoms with Gasteiger partial charge in [0, 0.05) is 53.9 Å². The molecule has 0 fully saturated rings. The summed E-state index contributed by atoms with van der Waals surface area (Å²) in [6, 6.07) is 77.0. The minimum absolute atomic E-state index is 0.648. The second-order valence-electron chi connectivity index (χ2n) is 14.8. The van der Waals surface area contributed by atoms with Crippen molar-refractivity contribution in [2.45, 2.75) is 0 Å². The second kappa shape index (κ2) is 15.2. The van der Waals surface area contributed by atoms with Crippen LogP contribution >= 0.6 is 11.3 Å². The summed E-state index contributed by atoms with van der Waals surface area (Å²) < 4.78 is 2.37. The van der Waals surface area contributed by atoms with Gasteiger partial charge in [-0.2, -0.15) is 0 Å². The number of aromatic nitrogens is 3. The molecule has 0 N–H and O–H groups in total. The van der Waals surface area contributed by atoms with Crippen molar-refractivity contribution in [3.05, 3.63) is 218 Å². The lowest BCUT2D eigenvalue weighted by molar-refractivity contribution is 1.08. The van der Waals surface area contributed by atoms with Crippen LogP contribution < -0.4 is 4.90 Å². The van der Waals surface area contributed by atoms with Crippen molar-refractivity contribution >= 4 is 59.3 Å². The van der Waals surface area contributed by atoms with E-state index in [1.807, 2.05) is 18.2 Å². The summed E-state index contributed by atoms with van der Waals surface area (Å²) in [4.78, 5) is 17.9. The summed E-state index contributed by atoms with van der Waals surface area (Å²) >= 11 is 1.80. The zero-order valence-corrected chi connectivity index (χ0v) is 33.3. The molecule has 0 spiro atoms. The van der Waals surface area contributed by atoms with E-state index in [1.54, 1.807) is 11.3 Å².